The highest BCUT2D eigenvalue weighted by Gasteiger charge is 2.74. The van der Waals surface area contributed by atoms with Gasteiger partial charge in [-0.3, -0.25) is 9.59 Å². The van der Waals surface area contributed by atoms with Crippen LogP contribution in [0.1, 0.15) is 13.8 Å². The molecule has 5 nitrogen and oxygen atoms in total. The number of hydrogen-bond donors (Lipinski definition) is 1. The van der Waals surface area contributed by atoms with Gasteiger partial charge in [0.2, 0.25) is 22.6 Å². The average Bonchev–Trinajstić information content (AvgIpc) is 2.44. The second-order valence-electron chi connectivity index (χ2n) is 4.06. The molecule has 0 amide bonds. The topological polar surface area (TPSA) is 80.3 Å². The van der Waals surface area contributed by atoms with E-state index in [0.29, 0.717) is 0 Å². The summed E-state index contributed by atoms with van der Waals surface area (Å²) in [6, 6.07) is 0. The van der Waals surface area contributed by atoms with E-state index in [-0.39, 0.29) is 0 Å². The van der Waals surface area contributed by atoms with E-state index in [1.807, 2.05) is 0 Å². The first-order valence-electron chi connectivity index (χ1n) is 3.97. The highest BCUT2D eigenvalue weighted by Crippen LogP contribution is 2.59. The molecule has 78 valence electrons. The molecule has 0 saturated heterocycles. The van der Waals surface area contributed by atoms with E-state index in [1.54, 1.807) is 26.4 Å². The minimum absolute atomic E-state index is 0.750. The molecule has 0 aliphatic heterocycles. The Hall–Kier alpha value is -0.750. The predicted octanol–water partition coefficient (Wildman–Crippen LogP) is -0.850. The Morgan fingerprint density at radius 3 is 2.00 bits per heavy atom. The van der Waals surface area contributed by atoms with Crippen LogP contribution in [-0.2, 0) is 19.6 Å². The van der Waals surface area contributed by atoms with Crippen LogP contribution in [0.4, 0.5) is 0 Å². The van der Waals surface area contributed by atoms with E-state index in [2.05, 4.69) is 4.72 Å². The lowest BCUT2D eigenvalue weighted by molar-refractivity contribution is 0.481. The largest absolute Gasteiger partial charge is 0.290 e. The molecule has 0 heterocycles. The summed E-state index contributed by atoms with van der Waals surface area (Å²) in [6.45, 7) is 3.23. The Morgan fingerprint density at radius 2 is 1.79 bits per heavy atom. The molecule has 2 radical (unpaired) electrons. The average molecular weight is 217 g/mol. The molecule has 1 rings (SSSR count). The summed E-state index contributed by atoms with van der Waals surface area (Å²) < 4.78 is 24.1. The predicted molar refractivity (Wildman–Crippen MR) is 49.4 cm³/mol. The van der Waals surface area contributed by atoms with Crippen LogP contribution in [0, 0.1) is 11.3 Å². The number of hydrogen-bond acceptors (Lipinski definition) is 4. The summed E-state index contributed by atoms with van der Waals surface area (Å²) in [5, 5.41) is 0. The van der Waals surface area contributed by atoms with Gasteiger partial charge in [-0.05, 0) is 0 Å². The highest BCUT2D eigenvalue weighted by molar-refractivity contribution is 7.88. The summed E-state index contributed by atoms with van der Waals surface area (Å²) in [5.74, 6) is -0.762. The Morgan fingerprint density at radius 1 is 1.29 bits per heavy atom. The lowest BCUT2D eigenvalue weighted by Gasteiger charge is -2.11. The molecule has 0 aromatic heterocycles. The van der Waals surface area contributed by atoms with Crippen LogP contribution in [0.2, 0.25) is 0 Å². The maximum Gasteiger partial charge on any atom is 0.222 e. The Bertz CT molecular complexity index is 373. The molecule has 2 atom stereocenters. The van der Waals surface area contributed by atoms with Gasteiger partial charge in [-0.25, -0.2) is 13.1 Å². The van der Waals surface area contributed by atoms with Crippen molar-refractivity contribution in [3.63, 3.8) is 0 Å². The minimum atomic E-state index is -3.54. The molecule has 1 fully saturated rings. The lowest BCUT2D eigenvalue weighted by Crippen LogP contribution is -2.42. The molecule has 14 heavy (non-hydrogen) atoms. The first-order valence-corrected chi connectivity index (χ1v) is 5.86. The molecule has 1 N–H and O–H groups in total. The Labute approximate surface area is 82.9 Å². The Balaban J connectivity index is 3.04. The lowest BCUT2D eigenvalue weighted by atomic mass is 10.1. The summed E-state index contributed by atoms with van der Waals surface area (Å²) in [6.07, 6.45) is 4.18. The third-order valence-electron chi connectivity index (χ3n) is 2.71. The van der Waals surface area contributed by atoms with Gasteiger partial charge < -0.3 is 0 Å². The molecule has 0 aromatic carbocycles. The van der Waals surface area contributed by atoms with Gasteiger partial charge in [0.1, 0.15) is 5.54 Å². The zero-order chi connectivity index (χ0) is 11.2. The van der Waals surface area contributed by atoms with Crippen molar-refractivity contribution < 1.29 is 18.0 Å². The SMILES string of the molecule is CC1(C)C([C]=O)C1([C]=O)NS(C)(=O)=O. The molecule has 0 aromatic rings. The van der Waals surface area contributed by atoms with E-state index >= 15 is 0 Å². The fourth-order valence-electron chi connectivity index (χ4n) is 1.69. The second-order valence-corrected chi connectivity index (χ2v) is 5.81. The maximum absolute atomic E-state index is 11.0. The van der Waals surface area contributed by atoms with Crippen molar-refractivity contribution in [1.82, 2.24) is 4.72 Å². The van der Waals surface area contributed by atoms with Gasteiger partial charge in [0, 0.05) is 5.41 Å². The fraction of sp³-hybridized carbons (Fsp3) is 0.750. The molecule has 1 aliphatic rings. The van der Waals surface area contributed by atoms with E-state index in [0.717, 1.165) is 6.26 Å². The van der Waals surface area contributed by atoms with Crippen molar-refractivity contribution in [1.29, 1.82) is 0 Å². The number of carbonyl (C=O) groups excluding carboxylic acids is 2. The molecule has 0 bridgehead atoms. The van der Waals surface area contributed by atoms with Crippen LogP contribution in [0.3, 0.4) is 0 Å². The standard InChI is InChI=1S/C8H11NO4S/c1-7(2)6(4-10)8(7,5-11)9-14(3,12)13/h6,9H,1-3H3. The second kappa shape index (κ2) is 2.87. The van der Waals surface area contributed by atoms with Gasteiger partial charge in [-0.15, -0.1) is 0 Å². The first-order chi connectivity index (χ1) is 6.21. The van der Waals surface area contributed by atoms with Gasteiger partial charge in [-0.1, -0.05) is 13.8 Å². The van der Waals surface area contributed by atoms with Crippen LogP contribution in [0.15, 0.2) is 0 Å². The highest BCUT2D eigenvalue weighted by atomic mass is 32.2. The number of nitrogens with one attached hydrogen (secondary N) is 1. The summed E-state index contributed by atoms with van der Waals surface area (Å²) in [5.41, 5.74) is -2.18. The number of rotatable bonds is 4. The summed E-state index contributed by atoms with van der Waals surface area (Å²) in [7, 11) is -3.54. The van der Waals surface area contributed by atoms with Crippen LogP contribution in [-0.4, -0.2) is 32.8 Å². The van der Waals surface area contributed by atoms with Gasteiger partial charge in [0.25, 0.3) is 0 Å². The van der Waals surface area contributed by atoms with Crippen molar-refractivity contribution in [2.75, 3.05) is 6.26 Å². The Kier molecular flexibility index (Phi) is 2.32. The van der Waals surface area contributed by atoms with Crippen molar-refractivity contribution in [3.8, 4) is 0 Å². The van der Waals surface area contributed by atoms with E-state index < -0.39 is 26.9 Å². The molecule has 1 aliphatic carbocycles. The fourth-order valence-corrected chi connectivity index (χ4v) is 2.70. The van der Waals surface area contributed by atoms with Gasteiger partial charge in [0.05, 0.1) is 12.2 Å². The van der Waals surface area contributed by atoms with E-state index in [9.17, 15) is 18.0 Å². The van der Waals surface area contributed by atoms with Crippen LogP contribution >= 0.6 is 0 Å². The zero-order valence-electron chi connectivity index (χ0n) is 8.12. The van der Waals surface area contributed by atoms with Gasteiger partial charge in [-0.2, -0.15) is 0 Å². The molecule has 6 heteroatoms. The monoisotopic (exact) mass is 217 g/mol. The third kappa shape index (κ3) is 1.38. The third-order valence-corrected chi connectivity index (χ3v) is 3.41. The van der Waals surface area contributed by atoms with Crippen LogP contribution in [0.5, 0.6) is 0 Å². The number of sulfonamides is 1. The summed E-state index contributed by atoms with van der Waals surface area (Å²) >= 11 is 0. The molecule has 2 unspecified atom stereocenters. The minimum Gasteiger partial charge on any atom is -0.290 e. The van der Waals surface area contributed by atoms with Gasteiger partial charge >= 0.3 is 0 Å². The smallest absolute Gasteiger partial charge is 0.222 e. The first kappa shape index (κ1) is 11.3. The quantitative estimate of drug-likeness (QED) is 0.665. The van der Waals surface area contributed by atoms with Crippen molar-refractivity contribution in [2.24, 2.45) is 11.3 Å². The normalized spacial score (nSPS) is 34.9. The molecule has 1 saturated carbocycles. The van der Waals surface area contributed by atoms with E-state index in [4.69, 9.17) is 0 Å². The van der Waals surface area contributed by atoms with Crippen molar-refractivity contribution in [3.05, 3.63) is 0 Å². The van der Waals surface area contributed by atoms with E-state index in [1.165, 1.54) is 0 Å². The maximum atomic E-state index is 11.0. The zero-order valence-corrected chi connectivity index (χ0v) is 8.94. The molecule has 0 spiro atoms. The molecular weight excluding hydrogens is 206 g/mol. The van der Waals surface area contributed by atoms with Crippen LogP contribution in [0.25, 0.3) is 0 Å². The summed E-state index contributed by atoms with van der Waals surface area (Å²) in [4.78, 5) is 21.2. The van der Waals surface area contributed by atoms with Crippen molar-refractivity contribution in [2.45, 2.75) is 19.4 Å². The van der Waals surface area contributed by atoms with Crippen LogP contribution < -0.4 is 4.72 Å². The molecular formula is C8H11NO4S. The van der Waals surface area contributed by atoms with Crippen molar-refractivity contribution >= 4 is 22.6 Å². The van der Waals surface area contributed by atoms with Gasteiger partial charge in [0.15, 0.2) is 0 Å².